The highest BCUT2D eigenvalue weighted by Gasteiger charge is 2.17. The summed E-state index contributed by atoms with van der Waals surface area (Å²) in [6.07, 6.45) is 0. The summed E-state index contributed by atoms with van der Waals surface area (Å²) in [5.41, 5.74) is 0.337. The van der Waals surface area contributed by atoms with Gasteiger partial charge < -0.3 is 5.32 Å². The Morgan fingerprint density at radius 2 is 1.77 bits per heavy atom. The number of fused-ring (bicyclic) bond motifs is 1. The van der Waals surface area contributed by atoms with Gasteiger partial charge in [0, 0.05) is 27.2 Å². The van der Waals surface area contributed by atoms with Crippen LogP contribution in [0.25, 0.3) is 10.8 Å². The minimum Gasteiger partial charge on any atom is -0.319 e. The van der Waals surface area contributed by atoms with Crippen LogP contribution >= 0.6 is 23.4 Å². The Labute approximate surface area is 180 Å². The molecule has 30 heavy (non-hydrogen) atoms. The molecule has 8 heteroatoms. The monoisotopic (exact) mass is 439 g/mol. The third kappa shape index (κ3) is 4.08. The van der Waals surface area contributed by atoms with Crippen molar-refractivity contribution in [3.05, 3.63) is 93.6 Å². The molecule has 4 rings (SSSR count). The summed E-state index contributed by atoms with van der Waals surface area (Å²) in [4.78, 5) is 26.9. The van der Waals surface area contributed by atoms with Crippen LogP contribution in [0.2, 0.25) is 5.02 Å². The summed E-state index contributed by atoms with van der Waals surface area (Å²) in [5.74, 6) is -0.790. The Morgan fingerprint density at radius 1 is 1.07 bits per heavy atom. The average molecular weight is 440 g/mol. The number of anilines is 1. The van der Waals surface area contributed by atoms with Crippen LogP contribution < -0.4 is 10.9 Å². The van der Waals surface area contributed by atoms with Gasteiger partial charge in [-0.25, -0.2) is 9.07 Å². The maximum Gasteiger partial charge on any atom is 0.276 e. The van der Waals surface area contributed by atoms with Crippen LogP contribution in [0.4, 0.5) is 10.1 Å². The number of amides is 1. The fraction of sp³-hybridized carbons (Fsp3) is 0.0455. The molecule has 4 aromatic rings. The lowest BCUT2D eigenvalue weighted by Gasteiger charge is -2.13. The number of aryl methyl sites for hydroxylation is 1. The summed E-state index contributed by atoms with van der Waals surface area (Å²) in [7, 11) is 1.50. The molecule has 1 aromatic heterocycles. The van der Waals surface area contributed by atoms with E-state index in [0.29, 0.717) is 21.5 Å². The highest BCUT2D eigenvalue weighted by Crippen LogP contribution is 2.35. The van der Waals surface area contributed by atoms with Gasteiger partial charge in [0.05, 0.1) is 11.1 Å². The Bertz CT molecular complexity index is 1320. The molecule has 0 bridgehead atoms. The van der Waals surface area contributed by atoms with Crippen molar-refractivity contribution in [2.45, 2.75) is 9.79 Å². The molecule has 3 aromatic carbocycles. The maximum absolute atomic E-state index is 13.2. The number of nitrogens with zero attached hydrogens (tertiary/aromatic N) is 2. The van der Waals surface area contributed by atoms with Crippen molar-refractivity contribution in [3.63, 3.8) is 0 Å². The maximum atomic E-state index is 13.2. The Kier molecular flexibility index (Phi) is 5.57. The number of benzene rings is 3. The highest BCUT2D eigenvalue weighted by atomic mass is 35.5. The summed E-state index contributed by atoms with van der Waals surface area (Å²) in [6, 6.07) is 18.0. The quantitative estimate of drug-likeness (QED) is 0.478. The van der Waals surface area contributed by atoms with Gasteiger partial charge in [-0.1, -0.05) is 41.6 Å². The van der Waals surface area contributed by atoms with E-state index in [4.69, 9.17) is 11.6 Å². The van der Waals surface area contributed by atoms with Crippen molar-refractivity contribution in [1.29, 1.82) is 0 Å². The van der Waals surface area contributed by atoms with Crippen LogP contribution in [0.3, 0.4) is 0 Å². The largest absolute Gasteiger partial charge is 0.319 e. The lowest BCUT2D eigenvalue weighted by atomic mass is 10.1. The zero-order chi connectivity index (χ0) is 21.3. The van der Waals surface area contributed by atoms with Crippen LogP contribution in [0.15, 0.2) is 81.3 Å². The molecule has 0 spiro atoms. The summed E-state index contributed by atoms with van der Waals surface area (Å²) in [6.45, 7) is 0. The van der Waals surface area contributed by atoms with Gasteiger partial charge in [0.1, 0.15) is 5.82 Å². The van der Waals surface area contributed by atoms with E-state index < -0.39 is 5.91 Å². The molecule has 0 aliphatic rings. The number of carbonyl (C=O) groups is 1. The fourth-order valence-electron chi connectivity index (χ4n) is 2.97. The van der Waals surface area contributed by atoms with E-state index in [1.165, 1.54) is 30.9 Å². The molecule has 0 unspecified atom stereocenters. The van der Waals surface area contributed by atoms with E-state index in [9.17, 15) is 14.0 Å². The second-order valence-corrected chi connectivity index (χ2v) is 8.03. The summed E-state index contributed by atoms with van der Waals surface area (Å²) >= 11 is 7.50. The molecule has 1 N–H and O–H groups in total. The third-order valence-corrected chi connectivity index (χ3v) is 5.72. The van der Waals surface area contributed by atoms with Crippen LogP contribution in [0.5, 0.6) is 0 Å². The molecule has 150 valence electrons. The number of halogens is 2. The van der Waals surface area contributed by atoms with Crippen molar-refractivity contribution < 1.29 is 9.18 Å². The molecule has 0 aliphatic carbocycles. The van der Waals surface area contributed by atoms with E-state index in [2.05, 4.69) is 10.4 Å². The van der Waals surface area contributed by atoms with Crippen molar-refractivity contribution in [2.75, 3.05) is 5.32 Å². The van der Waals surface area contributed by atoms with Crippen LogP contribution in [-0.4, -0.2) is 15.7 Å². The normalized spacial score (nSPS) is 10.9. The summed E-state index contributed by atoms with van der Waals surface area (Å²) in [5, 5.41) is 8.32. The number of rotatable bonds is 4. The highest BCUT2D eigenvalue weighted by molar-refractivity contribution is 7.99. The minimum atomic E-state index is -0.468. The van der Waals surface area contributed by atoms with Gasteiger partial charge in [-0.3, -0.25) is 9.59 Å². The number of carbonyl (C=O) groups excluding carboxylic acids is 1. The third-order valence-electron chi connectivity index (χ3n) is 4.40. The second kappa shape index (κ2) is 8.30. The SMILES string of the molecule is Cn1nc(C(=O)Nc2cc(Cl)ccc2Sc2ccc(F)cc2)c2ccccc2c1=O. The van der Waals surface area contributed by atoms with Gasteiger partial charge >= 0.3 is 0 Å². The van der Waals surface area contributed by atoms with E-state index in [-0.39, 0.29) is 17.1 Å². The van der Waals surface area contributed by atoms with Crippen molar-refractivity contribution in [1.82, 2.24) is 9.78 Å². The van der Waals surface area contributed by atoms with Gasteiger partial charge in [0.25, 0.3) is 11.5 Å². The molecule has 0 radical (unpaired) electrons. The molecule has 1 amide bonds. The molecular weight excluding hydrogens is 425 g/mol. The van der Waals surface area contributed by atoms with E-state index >= 15 is 0 Å². The molecule has 1 heterocycles. The van der Waals surface area contributed by atoms with Gasteiger partial charge in [0.15, 0.2) is 5.69 Å². The Morgan fingerprint density at radius 3 is 2.50 bits per heavy atom. The van der Waals surface area contributed by atoms with Crippen LogP contribution in [0.1, 0.15) is 10.5 Å². The molecule has 5 nitrogen and oxygen atoms in total. The summed E-state index contributed by atoms with van der Waals surface area (Å²) < 4.78 is 14.3. The molecule has 0 aliphatic heterocycles. The Hall–Kier alpha value is -3.16. The first-order valence-corrected chi connectivity index (χ1v) is 10.1. The van der Waals surface area contributed by atoms with E-state index in [1.54, 1.807) is 54.6 Å². The standard InChI is InChI=1S/C22H15ClFN3O2S/c1-27-22(29)17-5-3-2-4-16(17)20(26-27)21(28)25-18-12-13(23)6-11-19(18)30-15-9-7-14(24)8-10-15/h2-12H,1H3,(H,25,28). The van der Waals surface area contributed by atoms with Gasteiger partial charge in [-0.15, -0.1) is 0 Å². The van der Waals surface area contributed by atoms with Crippen molar-refractivity contribution in [3.8, 4) is 0 Å². The fourth-order valence-corrected chi connectivity index (χ4v) is 4.02. The lowest BCUT2D eigenvalue weighted by Crippen LogP contribution is -2.25. The molecule has 0 fully saturated rings. The molecule has 0 atom stereocenters. The lowest BCUT2D eigenvalue weighted by molar-refractivity contribution is 0.102. The van der Waals surface area contributed by atoms with E-state index in [0.717, 1.165) is 14.5 Å². The average Bonchev–Trinajstić information content (AvgIpc) is 2.74. The molecule has 0 saturated carbocycles. The Balaban J connectivity index is 1.71. The predicted molar refractivity (Wildman–Crippen MR) is 117 cm³/mol. The minimum absolute atomic E-state index is 0.130. The van der Waals surface area contributed by atoms with E-state index in [1.807, 2.05) is 0 Å². The predicted octanol–water partition coefficient (Wildman–Crippen LogP) is 5.13. The van der Waals surface area contributed by atoms with Crippen LogP contribution in [0, 0.1) is 5.82 Å². The number of aromatic nitrogens is 2. The van der Waals surface area contributed by atoms with Gasteiger partial charge in [-0.2, -0.15) is 5.10 Å². The zero-order valence-electron chi connectivity index (χ0n) is 15.7. The van der Waals surface area contributed by atoms with Gasteiger partial charge in [0.2, 0.25) is 0 Å². The topological polar surface area (TPSA) is 64.0 Å². The van der Waals surface area contributed by atoms with Crippen molar-refractivity contribution in [2.24, 2.45) is 7.05 Å². The molecular formula is C22H15ClFN3O2S. The van der Waals surface area contributed by atoms with Gasteiger partial charge in [-0.05, 0) is 48.5 Å². The number of hydrogen-bond donors (Lipinski definition) is 1. The number of nitrogens with one attached hydrogen (secondary N) is 1. The van der Waals surface area contributed by atoms with Crippen LogP contribution in [-0.2, 0) is 7.05 Å². The second-order valence-electron chi connectivity index (χ2n) is 6.47. The first kappa shape index (κ1) is 20.1. The first-order valence-electron chi connectivity index (χ1n) is 8.93. The zero-order valence-corrected chi connectivity index (χ0v) is 17.3. The number of hydrogen-bond acceptors (Lipinski definition) is 4. The molecule has 0 saturated heterocycles. The van der Waals surface area contributed by atoms with Crippen molar-refractivity contribution >= 4 is 45.7 Å². The smallest absolute Gasteiger partial charge is 0.276 e. The first-order chi connectivity index (χ1) is 14.4.